The molecule has 170 valence electrons. The number of aryl methyl sites for hydroxylation is 1. The molecule has 3 aromatic rings. The summed E-state index contributed by atoms with van der Waals surface area (Å²) >= 11 is 1.23. The number of methoxy groups -OCH3 is 1. The fourth-order valence-corrected chi connectivity index (χ4v) is 5.00. The number of aliphatic hydroxyl groups is 1. The summed E-state index contributed by atoms with van der Waals surface area (Å²) in [7, 11) is 1.57. The molecular weight excluding hydrogens is 440 g/mol. The minimum Gasteiger partial charge on any atom is -0.508 e. The van der Waals surface area contributed by atoms with Gasteiger partial charge < -0.3 is 19.8 Å². The van der Waals surface area contributed by atoms with Gasteiger partial charge in [0.25, 0.3) is 5.91 Å². The highest BCUT2D eigenvalue weighted by Crippen LogP contribution is 2.41. The number of aromatic nitrogens is 1. The topological polar surface area (TPSA) is 100.0 Å². The second kappa shape index (κ2) is 9.56. The fraction of sp³-hybridized carbons (Fsp3) is 0.240. The Balaban J connectivity index is 1.76. The van der Waals surface area contributed by atoms with E-state index >= 15 is 0 Å². The number of hydrogen-bond acceptors (Lipinski definition) is 7. The number of amides is 1. The molecule has 8 heteroatoms. The highest BCUT2D eigenvalue weighted by molar-refractivity contribution is 7.17. The lowest BCUT2D eigenvalue weighted by atomic mass is 9.95. The molecule has 0 radical (unpaired) electrons. The number of benzene rings is 2. The summed E-state index contributed by atoms with van der Waals surface area (Å²) in [6.07, 6.45) is 0.532. The molecule has 0 aliphatic carbocycles. The van der Waals surface area contributed by atoms with Crippen molar-refractivity contribution in [1.82, 2.24) is 9.88 Å². The van der Waals surface area contributed by atoms with Gasteiger partial charge in [0.15, 0.2) is 5.76 Å². The van der Waals surface area contributed by atoms with Crippen molar-refractivity contribution < 1.29 is 24.5 Å². The SMILES string of the molecule is COCCCN1C(=O)C(O)=C(C(=O)c2sc(-c3ccccc3)nc2C)C1c1cccc(O)c1. The van der Waals surface area contributed by atoms with E-state index in [1.165, 1.54) is 28.4 Å². The van der Waals surface area contributed by atoms with E-state index in [4.69, 9.17) is 4.74 Å². The number of nitrogens with zero attached hydrogens (tertiary/aromatic N) is 2. The maximum absolute atomic E-state index is 13.7. The number of carbonyl (C=O) groups is 2. The summed E-state index contributed by atoms with van der Waals surface area (Å²) in [6.45, 7) is 2.45. The molecule has 2 heterocycles. The molecule has 7 nitrogen and oxygen atoms in total. The first-order valence-electron chi connectivity index (χ1n) is 10.5. The van der Waals surface area contributed by atoms with Gasteiger partial charge in [-0.05, 0) is 31.0 Å². The molecular formula is C25H24N2O5S. The standard InChI is InChI=1S/C25H24N2O5S/c1-15-23(33-24(26-15)16-8-4-3-5-9-16)21(29)19-20(17-10-6-11-18(28)14-17)27(12-7-13-32-2)25(31)22(19)30/h3-6,8-11,14,20,28,30H,7,12-13H2,1-2H3. The number of hydrogen-bond donors (Lipinski definition) is 2. The average Bonchev–Trinajstić information content (AvgIpc) is 3.32. The van der Waals surface area contributed by atoms with E-state index in [0.29, 0.717) is 34.2 Å². The van der Waals surface area contributed by atoms with Crippen molar-refractivity contribution in [3.8, 4) is 16.3 Å². The van der Waals surface area contributed by atoms with Crippen LogP contribution in [0.3, 0.4) is 0 Å². The van der Waals surface area contributed by atoms with Crippen LogP contribution in [-0.2, 0) is 9.53 Å². The number of phenolic OH excluding ortho intramolecular Hbond substituents is 1. The van der Waals surface area contributed by atoms with Crippen LogP contribution >= 0.6 is 11.3 Å². The third-order valence-electron chi connectivity index (χ3n) is 5.51. The molecule has 1 aliphatic rings. The van der Waals surface area contributed by atoms with E-state index in [-0.39, 0.29) is 17.9 Å². The van der Waals surface area contributed by atoms with E-state index in [0.717, 1.165) is 5.56 Å². The molecule has 1 atom stereocenters. The molecule has 1 aromatic heterocycles. The Morgan fingerprint density at radius 3 is 2.61 bits per heavy atom. The summed E-state index contributed by atoms with van der Waals surface area (Å²) in [5.41, 5.74) is 1.95. The maximum Gasteiger partial charge on any atom is 0.290 e. The smallest absolute Gasteiger partial charge is 0.290 e. The lowest BCUT2D eigenvalue weighted by Gasteiger charge is -2.26. The van der Waals surface area contributed by atoms with E-state index < -0.39 is 23.5 Å². The van der Waals surface area contributed by atoms with Gasteiger partial charge >= 0.3 is 0 Å². The van der Waals surface area contributed by atoms with Crippen LogP contribution in [0.4, 0.5) is 0 Å². The van der Waals surface area contributed by atoms with Crippen molar-refractivity contribution in [3.63, 3.8) is 0 Å². The van der Waals surface area contributed by atoms with Crippen LogP contribution in [0.5, 0.6) is 5.75 Å². The lowest BCUT2D eigenvalue weighted by molar-refractivity contribution is -0.129. The third kappa shape index (κ3) is 4.40. The third-order valence-corrected chi connectivity index (χ3v) is 6.71. The lowest BCUT2D eigenvalue weighted by Crippen LogP contribution is -2.32. The molecule has 0 bridgehead atoms. The monoisotopic (exact) mass is 464 g/mol. The zero-order valence-electron chi connectivity index (χ0n) is 18.3. The summed E-state index contributed by atoms with van der Waals surface area (Å²) in [5.74, 6) is -1.62. The van der Waals surface area contributed by atoms with Crippen LogP contribution in [0.2, 0.25) is 0 Å². The highest BCUT2D eigenvalue weighted by Gasteiger charge is 2.44. The van der Waals surface area contributed by atoms with Gasteiger partial charge in [0.05, 0.1) is 22.2 Å². The van der Waals surface area contributed by atoms with Crippen molar-refractivity contribution in [2.75, 3.05) is 20.3 Å². The van der Waals surface area contributed by atoms with Crippen molar-refractivity contribution in [1.29, 1.82) is 0 Å². The van der Waals surface area contributed by atoms with Crippen LogP contribution in [-0.4, -0.2) is 52.0 Å². The molecule has 2 aromatic carbocycles. The number of phenols is 1. The van der Waals surface area contributed by atoms with Gasteiger partial charge in [-0.1, -0.05) is 42.5 Å². The molecule has 0 saturated heterocycles. The van der Waals surface area contributed by atoms with Gasteiger partial charge in [-0.15, -0.1) is 11.3 Å². The maximum atomic E-state index is 13.7. The van der Waals surface area contributed by atoms with Crippen molar-refractivity contribution in [2.24, 2.45) is 0 Å². The van der Waals surface area contributed by atoms with Crippen LogP contribution < -0.4 is 0 Å². The van der Waals surface area contributed by atoms with Crippen LogP contribution in [0.1, 0.15) is 33.4 Å². The first kappa shape index (κ1) is 22.7. The molecule has 2 N–H and O–H groups in total. The normalized spacial score (nSPS) is 16.0. The average molecular weight is 465 g/mol. The van der Waals surface area contributed by atoms with E-state index in [2.05, 4.69) is 4.98 Å². The van der Waals surface area contributed by atoms with Crippen molar-refractivity contribution in [2.45, 2.75) is 19.4 Å². The predicted molar refractivity (Wildman–Crippen MR) is 125 cm³/mol. The molecule has 33 heavy (non-hydrogen) atoms. The van der Waals surface area contributed by atoms with Gasteiger partial charge in [-0.3, -0.25) is 9.59 Å². The Bertz CT molecular complexity index is 1220. The Labute approximate surface area is 195 Å². The number of aliphatic hydroxyl groups excluding tert-OH is 1. The number of ether oxygens (including phenoxy) is 1. The number of ketones is 1. The fourth-order valence-electron chi connectivity index (χ4n) is 3.97. The van der Waals surface area contributed by atoms with Crippen molar-refractivity contribution in [3.05, 3.63) is 82.1 Å². The quantitative estimate of drug-likeness (QED) is 0.378. The first-order valence-corrected chi connectivity index (χ1v) is 11.3. The second-order valence-corrected chi connectivity index (χ2v) is 8.73. The predicted octanol–water partition coefficient (Wildman–Crippen LogP) is 4.44. The molecule has 1 amide bonds. The number of aromatic hydroxyl groups is 1. The Hall–Kier alpha value is -3.49. The Kier molecular flexibility index (Phi) is 6.57. The van der Waals surface area contributed by atoms with E-state index in [1.54, 1.807) is 26.2 Å². The molecule has 1 unspecified atom stereocenters. The minimum absolute atomic E-state index is 0.00521. The van der Waals surface area contributed by atoms with Crippen LogP contribution in [0.15, 0.2) is 65.9 Å². The molecule has 4 rings (SSSR count). The molecule has 0 spiro atoms. The number of carbonyl (C=O) groups excluding carboxylic acids is 2. The highest BCUT2D eigenvalue weighted by atomic mass is 32.1. The summed E-state index contributed by atoms with van der Waals surface area (Å²) in [5, 5.41) is 21.5. The number of rotatable bonds is 8. The Morgan fingerprint density at radius 1 is 1.15 bits per heavy atom. The van der Waals surface area contributed by atoms with Crippen LogP contribution in [0.25, 0.3) is 10.6 Å². The van der Waals surface area contributed by atoms with Gasteiger partial charge in [0.2, 0.25) is 5.78 Å². The number of thiazole rings is 1. The first-order chi connectivity index (χ1) is 15.9. The second-order valence-electron chi connectivity index (χ2n) is 7.73. The molecule has 0 saturated carbocycles. The van der Waals surface area contributed by atoms with E-state index in [9.17, 15) is 19.8 Å². The number of Topliss-reactive ketones (excluding diaryl/α,β-unsaturated/α-hetero) is 1. The zero-order valence-corrected chi connectivity index (χ0v) is 19.1. The van der Waals surface area contributed by atoms with Gasteiger partial charge in [0.1, 0.15) is 10.8 Å². The van der Waals surface area contributed by atoms with Crippen LogP contribution in [0, 0.1) is 6.92 Å². The summed E-state index contributed by atoms with van der Waals surface area (Å²) < 4.78 is 5.10. The van der Waals surface area contributed by atoms with Gasteiger partial charge in [0, 0.05) is 25.8 Å². The summed E-state index contributed by atoms with van der Waals surface area (Å²) in [4.78, 5) is 33.0. The Morgan fingerprint density at radius 2 is 1.91 bits per heavy atom. The molecule has 1 aliphatic heterocycles. The van der Waals surface area contributed by atoms with E-state index in [1.807, 2.05) is 30.3 Å². The van der Waals surface area contributed by atoms with Crippen molar-refractivity contribution >= 4 is 23.0 Å². The largest absolute Gasteiger partial charge is 0.508 e. The zero-order chi connectivity index (χ0) is 23.5. The minimum atomic E-state index is -0.823. The molecule has 0 fully saturated rings. The summed E-state index contributed by atoms with van der Waals surface area (Å²) in [6, 6.07) is 15.1. The van der Waals surface area contributed by atoms with Gasteiger partial charge in [-0.25, -0.2) is 4.98 Å². The van der Waals surface area contributed by atoms with Gasteiger partial charge in [-0.2, -0.15) is 0 Å².